The van der Waals surface area contributed by atoms with E-state index in [-0.39, 0.29) is 6.61 Å². The van der Waals surface area contributed by atoms with Crippen molar-refractivity contribution in [1.29, 1.82) is 0 Å². The lowest BCUT2D eigenvalue weighted by Crippen LogP contribution is -2.30. The van der Waals surface area contributed by atoms with E-state index in [2.05, 4.69) is 10.00 Å². The molecule has 0 fully saturated rings. The van der Waals surface area contributed by atoms with Gasteiger partial charge in [-0.2, -0.15) is 5.10 Å². The molecule has 0 aliphatic rings. The average Bonchev–Trinajstić information content (AvgIpc) is 2.61. The number of hydrogen-bond donors (Lipinski definition) is 1. The predicted molar refractivity (Wildman–Crippen MR) is 57.4 cm³/mol. The third kappa shape index (κ3) is 3.99. The summed E-state index contributed by atoms with van der Waals surface area (Å²) in [7, 11) is 3.60. The van der Waals surface area contributed by atoms with Crippen LogP contribution in [0.3, 0.4) is 0 Å². The van der Waals surface area contributed by atoms with Gasteiger partial charge in [-0.15, -0.1) is 0 Å². The second kappa shape index (κ2) is 6.55. The minimum Gasteiger partial charge on any atom is -0.395 e. The molecule has 0 spiro atoms. The first kappa shape index (κ1) is 12.2. The topological polar surface area (TPSA) is 50.5 Å². The fourth-order valence-electron chi connectivity index (χ4n) is 1.42. The van der Waals surface area contributed by atoms with Crippen molar-refractivity contribution in [2.75, 3.05) is 33.4 Å². The van der Waals surface area contributed by atoms with Crippen molar-refractivity contribution >= 4 is 0 Å². The first-order valence-corrected chi connectivity index (χ1v) is 5.07. The molecule has 0 radical (unpaired) electrons. The summed E-state index contributed by atoms with van der Waals surface area (Å²) in [5.74, 6) is 0. The second-order valence-corrected chi connectivity index (χ2v) is 3.44. The highest BCUT2D eigenvalue weighted by Gasteiger charge is 2.07. The number of aliphatic hydroxyl groups excluding tert-OH is 1. The van der Waals surface area contributed by atoms with E-state index in [9.17, 15) is 0 Å². The third-order valence-electron chi connectivity index (χ3n) is 2.34. The predicted octanol–water partition coefficient (Wildman–Crippen LogP) is -0.139. The van der Waals surface area contributed by atoms with Gasteiger partial charge in [0.05, 0.1) is 18.9 Å². The van der Waals surface area contributed by atoms with E-state index in [1.165, 1.54) is 0 Å². The molecule has 0 atom stereocenters. The van der Waals surface area contributed by atoms with Crippen LogP contribution < -0.4 is 0 Å². The van der Waals surface area contributed by atoms with E-state index in [0.717, 1.165) is 18.8 Å². The normalized spacial score (nSPS) is 11.2. The molecule has 5 heteroatoms. The van der Waals surface area contributed by atoms with Gasteiger partial charge in [0.15, 0.2) is 0 Å². The van der Waals surface area contributed by atoms with Gasteiger partial charge in [-0.3, -0.25) is 9.58 Å². The molecule has 0 saturated carbocycles. The number of aromatic nitrogens is 2. The highest BCUT2D eigenvalue weighted by Crippen LogP contribution is 2.02. The Hall–Kier alpha value is -0.910. The van der Waals surface area contributed by atoms with Gasteiger partial charge in [0.2, 0.25) is 0 Å². The number of methoxy groups -OCH3 is 1. The van der Waals surface area contributed by atoms with E-state index in [1.807, 2.05) is 17.8 Å². The quantitative estimate of drug-likeness (QED) is 0.685. The van der Waals surface area contributed by atoms with Crippen LogP contribution in [-0.4, -0.2) is 53.2 Å². The van der Waals surface area contributed by atoms with Gasteiger partial charge in [0.25, 0.3) is 0 Å². The Labute approximate surface area is 90.3 Å². The number of nitrogens with zero attached hydrogens (tertiary/aromatic N) is 3. The molecule has 1 aromatic rings. The number of rotatable bonds is 7. The van der Waals surface area contributed by atoms with Crippen LogP contribution in [0.5, 0.6) is 0 Å². The molecule has 1 rings (SSSR count). The fourth-order valence-corrected chi connectivity index (χ4v) is 1.42. The SMILES string of the molecule is COCCN(CCO)Cc1ccnn1C. The molecule has 5 nitrogen and oxygen atoms in total. The van der Waals surface area contributed by atoms with E-state index in [1.54, 1.807) is 13.3 Å². The van der Waals surface area contributed by atoms with Crippen LogP contribution in [0.1, 0.15) is 5.69 Å². The second-order valence-electron chi connectivity index (χ2n) is 3.44. The molecule has 1 aromatic heterocycles. The van der Waals surface area contributed by atoms with Crippen molar-refractivity contribution in [3.8, 4) is 0 Å². The number of aryl methyl sites for hydroxylation is 1. The Balaban J connectivity index is 2.46. The van der Waals surface area contributed by atoms with Gasteiger partial charge in [-0.1, -0.05) is 0 Å². The third-order valence-corrected chi connectivity index (χ3v) is 2.34. The van der Waals surface area contributed by atoms with Gasteiger partial charge in [-0.05, 0) is 6.07 Å². The molecule has 0 aromatic carbocycles. The van der Waals surface area contributed by atoms with Gasteiger partial charge in [-0.25, -0.2) is 0 Å². The number of hydrogen-bond acceptors (Lipinski definition) is 4. The monoisotopic (exact) mass is 213 g/mol. The van der Waals surface area contributed by atoms with Crippen LogP contribution in [0.2, 0.25) is 0 Å². The summed E-state index contributed by atoms with van der Waals surface area (Å²) in [4.78, 5) is 2.14. The minimum atomic E-state index is 0.168. The molecule has 15 heavy (non-hydrogen) atoms. The molecule has 0 aliphatic carbocycles. The Kier molecular flexibility index (Phi) is 5.31. The minimum absolute atomic E-state index is 0.168. The fraction of sp³-hybridized carbons (Fsp3) is 0.700. The molecule has 1 heterocycles. The zero-order chi connectivity index (χ0) is 11.1. The van der Waals surface area contributed by atoms with Crippen molar-refractivity contribution in [2.24, 2.45) is 7.05 Å². The molecule has 1 N–H and O–H groups in total. The van der Waals surface area contributed by atoms with Crippen molar-refractivity contribution in [3.63, 3.8) is 0 Å². The molecular formula is C10H19N3O2. The van der Waals surface area contributed by atoms with Gasteiger partial charge < -0.3 is 9.84 Å². The van der Waals surface area contributed by atoms with Crippen LogP contribution in [0.4, 0.5) is 0 Å². The van der Waals surface area contributed by atoms with Crippen LogP contribution >= 0.6 is 0 Å². The summed E-state index contributed by atoms with van der Waals surface area (Å²) < 4.78 is 6.87. The highest BCUT2D eigenvalue weighted by molar-refractivity contribution is 4.99. The van der Waals surface area contributed by atoms with E-state index in [0.29, 0.717) is 13.2 Å². The largest absolute Gasteiger partial charge is 0.395 e. The van der Waals surface area contributed by atoms with Crippen LogP contribution in [0, 0.1) is 0 Å². The average molecular weight is 213 g/mol. The molecule has 86 valence electrons. The summed E-state index contributed by atoms with van der Waals surface area (Å²) in [5, 5.41) is 13.0. The summed E-state index contributed by atoms with van der Waals surface area (Å²) in [6.45, 7) is 3.12. The highest BCUT2D eigenvalue weighted by atomic mass is 16.5. The molecule has 0 unspecified atom stereocenters. The van der Waals surface area contributed by atoms with Crippen LogP contribution in [0.15, 0.2) is 12.3 Å². The first-order chi connectivity index (χ1) is 7.27. The maximum atomic E-state index is 8.93. The Bertz CT molecular complexity index is 275. The number of ether oxygens (including phenoxy) is 1. The standard InChI is InChI=1S/C10H19N3O2/c1-12-10(3-4-11-12)9-13(5-7-14)6-8-15-2/h3-4,14H,5-9H2,1-2H3. The van der Waals surface area contributed by atoms with Crippen LogP contribution in [0.25, 0.3) is 0 Å². The van der Waals surface area contributed by atoms with Crippen molar-refractivity contribution in [2.45, 2.75) is 6.54 Å². The summed E-state index contributed by atoms with van der Waals surface area (Å²) in [6, 6.07) is 1.98. The van der Waals surface area contributed by atoms with Crippen molar-refractivity contribution in [1.82, 2.24) is 14.7 Å². The molecule has 0 saturated heterocycles. The van der Waals surface area contributed by atoms with Crippen molar-refractivity contribution < 1.29 is 9.84 Å². The van der Waals surface area contributed by atoms with E-state index < -0.39 is 0 Å². The summed E-state index contributed by atoms with van der Waals surface area (Å²) >= 11 is 0. The summed E-state index contributed by atoms with van der Waals surface area (Å²) in [5.41, 5.74) is 1.14. The van der Waals surface area contributed by atoms with Gasteiger partial charge in [0, 0.05) is 40.0 Å². The first-order valence-electron chi connectivity index (χ1n) is 5.07. The van der Waals surface area contributed by atoms with Crippen molar-refractivity contribution in [3.05, 3.63) is 18.0 Å². The van der Waals surface area contributed by atoms with Gasteiger partial charge in [0.1, 0.15) is 0 Å². The smallest absolute Gasteiger partial charge is 0.0589 e. The molecule has 0 aliphatic heterocycles. The zero-order valence-electron chi connectivity index (χ0n) is 9.39. The maximum Gasteiger partial charge on any atom is 0.0589 e. The Morgan fingerprint density at radius 1 is 1.53 bits per heavy atom. The molecule has 0 bridgehead atoms. The lowest BCUT2D eigenvalue weighted by molar-refractivity contribution is 0.125. The Morgan fingerprint density at radius 3 is 2.87 bits per heavy atom. The lowest BCUT2D eigenvalue weighted by atomic mass is 10.3. The maximum absolute atomic E-state index is 8.93. The number of aliphatic hydroxyl groups is 1. The van der Waals surface area contributed by atoms with Gasteiger partial charge >= 0.3 is 0 Å². The zero-order valence-corrected chi connectivity index (χ0v) is 9.39. The lowest BCUT2D eigenvalue weighted by Gasteiger charge is -2.20. The van der Waals surface area contributed by atoms with E-state index >= 15 is 0 Å². The summed E-state index contributed by atoms with van der Waals surface area (Å²) in [6.07, 6.45) is 1.78. The molecule has 0 amide bonds. The van der Waals surface area contributed by atoms with Crippen LogP contribution in [-0.2, 0) is 18.3 Å². The molecular weight excluding hydrogens is 194 g/mol. The van der Waals surface area contributed by atoms with E-state index in [4.69, 9.17) is 9.84 Å². The Morgan fingerprint density at radius 2 is 2.33 bits per heavy atom.